The van der Waals surface area contributed by atoms with Crippen molar-refractivity contribution in [3.05, 3.63) is 79.6 Å². The van der Waals surface area contributed by atoms with Crippen LogP contribution in [0.5, 0.6) is 0 Å². The molecule has 0 amide bonds. The minimum absolute atomic E-state index is 0.0915. The van der Waals surface area contributed by atoms with E-state index in [1.54, 1.807) is 24.6 Å². The number of rotatable bonds is 4. The van der Waals surface area contributed by atoms with Gasteiger partial charge in [0, 0.05) is 71.9 Å². The number of nitriles is 1. The van der Waals surface area contributed by atoms with Gasteiger partial charge in [0.1, 0.15) is 0 Å². The number of anilines is 1. The van der Waals surface area contributed by atoms with Crippen molar-refractivity contribution in [1.29, 1.82) is 5.26 Å². The lowest BCUT2D eigenvalue weighted by atomic mass is 9.90. The summed E-state index contributed by atoms with van der Waals surface area (Å²) in [6.45, 7) is 6.61. The molecular formula is C29H30N6O2S. The highest BCUT2D eigenvalue weighted by atomic mass is 32.1. The number of nitrogens with one attached hydrogen (secondary N) is 1. The van der Waals surface area contributed by atoms with Gasteiger partial charge in [-0.25, -0.2) is 4.79 Å². The molecule has 5 heterocycles. The van der Waals surface area contributed by atoms with E-state index in [0.717, 1.165) is 58.6 Å². The maximum Gasteiger partial charge on any atom is 0.331 e. The Kier molecular flexibility index (Phi) is 5.97. The molecule has 2 aliphatic rings. The SMILES string of the molecule is Cn1ccc(=O)n(Cc2cc3nccc(-c4cc(C#N)cc5c4N([C@@H]4CNC(C)(C)C4)CCC5)c3s2)c1=O. The number of aryl methyl sites for hydroxylation is 2. The van der Waals surface area contributed by atoms with Crippen LogP contribution < -0.4 is 21.5 Å². The summed E-state index contributed by atoms with van der Waals surface area (Å²) < 4.78 is 3.65. The Bertz CT molecular complexity index is 1720. The van der Waals surface area contributed by atoms with Crippen LogP contribution in [0.15, 0.2) is 52.3 Å². The van der Waals surface area contributed by atoms with Gasteiger partial charge in [0.05, 0.1) is 28.4 Å². The molecular weight excluding hydrogens is 496 g/mol. The molecule has 2 aliphatic heterocycles. The number of fused-ring (bicyclic) bond motifs is 2. The summed E-state index contributed by atoms with van der Waals surface area (Å²) in [5.74, 6) is 0. The molecule has 9 heteroatoms. The summed E-state index contributed by atoms with van der Waals surface area (Å²) in [6.07, 6.45) is 6.36. The van der Waals surface area contributed by atoms with Gasteiger partial charge in [-0.15, -0.1) is 11.3 Å². The van der Waals surface area contributed by atoms with E-state index in [0.29, 0.717) is 11.6 Å². The average molecular weight is 527 g/mol. The smallest absolute Gasteiger partial charge is 0.331 e. The zero-order valence-corrected chi connectivity index (χ0v) is 22.6. The van der Waals surface area contributed by atoms with Crippen molar-refractivity contribution in [3.8, 4) is 17.2 Å². The van der Waals surface area contributed by atoms with Gasteiger partial charge in [-0.2, -0.15) is 5.26 Å². The first-order valence-corrected chi connectivity index (χ1v) is 13.8. The van der Waals surface area contributed by atoms with Gasteiger partial charge >= 0.3 is 5.69 Å². The van der Waals surface area contributed by atoms with Crippen molar-refractivity contribution in [3.63, 3.8) is 0 Å². The number of benzene rings is 1. The van der Waals surface area contributed by atoms with Crippen LogP contribution in [0.25, 0.3) is 21.3 Å². The van der Waals surface area contributed by atoms with Crippen LogP contribution in [0.2, 0.25) is 0 Å². The third kappa shape index (κ3) is 4.24. The molecule has 1 atom stereocenters. The Hall–Kier alpha value is -3.74. The molecule has 38 heavy (non-hydrogen) atoms. The van der Waals surface area contributed by atoms with E-state index in [1.165, 1.54) is 32.6 Å². The van der Waals surface area contributed by atoms with Crippen molar-refractivity contribution in [1.82, 2.24) is 19.4 Å². The predicted molar refractivity (Wildman–Crippen MR) is 151 cm³/mol. The van der Waals surface area contributed by atoms with E-state index in [1.807, 2.05) is 24.3 Å². The molecule has 3 aromatic heterocycles. The van der Waals surface area contributed by atoms with Crippen LogP contribution in [0, 0.1) is 11.3 Å². The minimum Gasteiger partial charge on any atom is -0.366 e. The van der Waals surface area contributed by atoms with Crippen LogP contribution in [0.1, 0.15) is 42.7 Å². The van der Waals surface area contributed by atoms with Crippen molar-refractivity contribution < 1.29 is 0 Å². The van der Waals surface area contributed by atoms with Crippen LogP contribution in [0.4, 0.5) is 5.69 Å². The van der Waals surface area contributed by atoms with E-state index in [-0.39, 0.29) is 23.3 Å². The van der Waals surface area contributed by atoms with E-state index < -0.39 is 0 Å². The predicted octanol–water partition coefficient (Wildman–Crippen LogP) is 3.64. The maximum atomic E-state index is 12.6. The lowest BCUT2D eigenvalue weighted by molar-refractivity contribution is 0.450. The fraction of sp³-hybridized carbons (Fsp3) is 0.379. The quantitative estimate of drug-likeness (QED) is 0.436. The average Bonchev–Trinajstić information content (AvgIpc) is 3.49. The minimum atomic E-state index is -0.345. The van der Waals surface area contributed by atoms with Crippen LogP contribution in [0.3, 0.4) is 0 Å². The topological polar surface area (TPSA) is 95.9 Å². The summed E-state index contributed by atoms with van der Waals surface area (Å²) in [7, 11) is 1.64. The molecule has 0 bridgehead atoms. The highest BCUT2D eigenvalue weighted by Crippen LogP contribution is 2.44. The third-order valence-corrected chi connectivity index (χ3v) is 8.90. The first-order chi connectivity index (χ1) is 18.2. The van der Waals surface area contributed by atoms with Crippen molar-refractivity contribution in [2.45, 2.75) is 51.2 Å². The molecule has 1 aromatic carbocycles. The van der Waals surface area contributed by atoms with Crippen molar-refractivity contribution in [2.24, 2.45) is 7.05 Å². The van der Waals surface area contributed by atoms with E-state index >= 15 is 0 Å². The Morgan fingerprint density at radius 2 is 2.05 bits per heavy atom. The summed E-state index contributed by atoms with van der Waals surface area (Å²) in [6, 6.07) is 12.2. The standard InChI is InChI=1S/C29H30N6O2S/c1-29(2)14-20(16-32-29)34-9-4-5-19-11-18(15-30)12-23(26(19)34)22-6-8-31-24-13-21(38-27(22)24)17-35-25(36)7-10-33(3)28(35)37/h6-8,10-13,20,32H,4-5,9,14,16-17H2,1-3H3/t20-/m0/s1. The second-order valence-electron chi connectivity index (χ2n) is 11.0. The first kappa shape index (κ1) is 24.6. The Balaban J connectivity index is 1.49. The largest absolute Gasteiger partial charge is 0.366 e. The Labute approximate surface area is 224 Å². The lowest BCUT2D eigenvalue weighted by Gasteiger charge is -2.38. The van der Waals surface area contributed by atoms with E-state index in [9.17, 15) is 14.9 Å². The van der Waals surface area contributed by atoms with Gasteiger partial charge < -0.3 is 14.8 Å². The summed E-state index contributed by atoms with van der Waals surface area (Å²) in [4.78, 5) is 33.1. The lowest BCUT2D eigenvalue weighted by Crippen LogP contribution is -2.40. The molecule has 1 saturated heterocycles. The Morgan fingerprint density at radius 3 is 2.82 bits per heavy atom. The van der Waals surface area contributed by atoms with Crippen molar-refractivity contribution in [2.75, 3.05) is 18.0 Å². The van der Waals surface area contributed by atoms with Gasteiger partial charge in [-0.05, 0) is 62.9 Å². The normalized spacial score (nSPS) is 18.5. The third-order valence-electron chi connectivity index (χ3n) is 7.76. The maximum absolute atomic E-state index is 12.6. The molecule has 1 N–H and O–H groups in total. The monoisotopic (exact) mass is 526 g/mol. The fourth-order valence-electron chi connectivity index (χ4n) is 5.95. The van der Waals surface area contributed by atoms with Gasteiger partial charge in [0.25, 0.3) is 5.56 Å². The van der Waals surface area contributed by atoms with E-state index in [2.05, 4.69) is 35.1 Å². The first-order valence-electron chi connectivity index (χ1n) is 13.0. The highest BCUT2D eigenvalue weighted by Gasteiger charge is 2.36. The van der Waals surface area contributed by atoms with Gasteiger partial charge in [-0.3, -0.25) is 14.3 Å². The van der Waals surface area contributed by atoms with E-state index in [4.69, 9.17) is 0 Å². The number of aromatic nitrogens is 3. The summed E-state index contributed by atoms with van der Waals surface area (Å²) in [5, 5.41) is 13.5. The molecule has 194 valence electrons. The molecule has 0 spiro atoms. The number of nitrogens with zero attached hydrogens (tertiary/aromatic N) is 5. The zero-order chi connectivity index (χ0) is 26.6. The number of pyridine rings is 1. The highest BCUT2D eigenvalue weighted by molar-refractivity contribution is 7.19. The van der Waals surface area contributed by atoms with Gasteiger partial charge in [0.15, 0.2) is 0 Å². The molecule has 0 unspecified atom stereocenters. The summed E-state index contributed by atoms with van der Waals surface area (Å²) in [5.41, 5.74) is 5.43. The zero-order valence-electron chi connectivity index (χ0n) is 21.8. The molecule has 4 aromatic rings. The number of hydrogen-bond donors (Lipinski definition) is 1. The van der Waals surface area contributed by atoms with Crippen LogP contribution in [-0.2, 0) is 20.0 Å². The van der Waals surface area contributed by atoms with Gasteiger partial charge in [0.2, 0.25) is 0 Å². The van der Waals surface area contributed by atoms with Crippen LogP contribution in [-0.4, -0.2) is 38.8 Å². The molecule has 1 fully saturated rings. The molecule has 6 rings (SSSR count). The molecule has 0 saturated carbocycles. The second-order valence-corrected chi connectivity index (χ2v) is 12.1. The summed E-state index contributed by atoms with van der Waals surface area (Å²) >= 11 is 1.55. The van der Waals surface area contributed by atoms with Crippen LogP contribution >= 0.6 is 11.3 Å². The molecule has 8 nitrogen and oxygen atoms in total. The number of hydrogen-bond acceptors (Lipinski definition) is 7. The van der Waals surface area contributed by atoms with Crippen molar-refractivity contribution >= 4 is 27.2 Å². The Morgan fingerprint density at radius 1 is 1.21 bits per heavy atom. The molecule has 0 aliphatic carbocycles. The number of thiophene rings is 1. The van der Waals surface area contributed by atoms with Gasteiger partial charge in [-0.1, -0.05) is 0 Å². The second kappa shape index (κ2) is 9.22. The molecule has 0 radical (unpaired) electrons. The fourth-order valence-corrected chi connectivity index (χ4v) is 7.08.